The maximum Gasteiger partial charge on any atom is 0.174 e. The third-order valence-corrected chi connectivity index (χ3v) is 38.0. The van der Waals surface area contributed by atoms with Crippen LogP contribution in [0, 0.1) is 23.7 Å². The zero-order valence-corrected chi connectivity index (χ0v) is 29.7. The van der Waals surface area contributed by atoms with Crippen LogP contribution in [0.3, 0.4) is 0 Å². The van der Waals surface area contributed by atoms with E-state index in [-0.39, 0.29) is 0 Å². The molecule has 4 saturated carbocycles. The number of hydrogen-bond acceptors (Lipinski definition) is 1. The summed E-state index contributed by atoms with van der Waals surface area (Å²) in [5.74, 6) is 5.95. The van der Waals surface area contributed by atoms with Crippen LogP contribution in [0.4, 0.5) is 0 Å². The fourth-order valence-electron chi connectivity index (χ4n) is 9.22. The zero-order chi connectivity index (χ0) is 26.7. The number of rotatable bonds is 8. The molecule has 4 bridgehead atoms. The maximum atomic E-state index is 7.37. The summed E-state index contributed by atoms with van der Waals surface area (Å²) < 4.78 is 7.37. The van der Waals surface area contributed by atoms with Crippen LogP contribution in [-0.4, -0.2) is 31.5 Å². The quantitative estimate of drug-likeness (QED) is 0.290. The Balaban J connectivity index is 1.96. The van der Waals surface area contributed by atoms with Crippen molar-refractivity contribution < 1.29 is 4.12 Å². The van der Waals surface area contributed by atoms with Gasteiger partial charge in [0, 0.05) is 15.3 Å². The minimum atomic E-state index is -1.80. The molecule has 0 aliphatic heterocycles. The second-order valence-corrected chi connectivity index (χ2v) is 37.2. The third kappa shape index (κ3) is 5.66. The van der Waals surface area contributed by atoms with E-state index < -0.39 is 31.5 Å². The lowest BCUT2D eigenvalue weighted by molar-refractivity contribution is 0.0201. The van der Waals surface area contributed by atoms with Crippen LogP contribution in [0.15, 0.2) is 12.1 Å². The van der Waals surface area contributed by atoms with E-state index in [1.807, 2.05) is 5.19 Å². The molecule has 0 atom stereocenters. The summed E-state index contributed by atoms with van der Waals surface area (Å²) in [7, 11) is -4.70. The van der Waals surface area contributed by atoms with Crippen LogP contribution in [-0.2, 0) is 4.12 Å². The van der Waals surface area contributed by atoms with Gasteiger partial charge in [0.05, 0.1) is 0 Å². The van der Waals surface area contributed by atoms with E-state index in [1.165, 1.54) is 0 Å². The molecule has 0 heterocycles. The van der Waals surface area contributed by atoms with Crippen molar-refractivity contribution in [2.75, 3.05) is 0 Å². The molecular weight excluding hydrogens is 501 g/mol. The van der Waals surface area contributed by atoms with E-state index in [2.05, 4.69) is 93.0 Å². The summed E-state index contributed by atoms with van der Waals surface area (Å²) in [6.07, 6.45) is 7.78. The van der Waals surface area contributed by atoms with Gasteiger partial charge in [0.15, 0.2) is 16.2 Å². The second-order valence-electron chi connectivity index (χ2n) is 15.2. The highest BCUT2D eigenvalue weighted by molar-refractivity contribution is 7.41. The summed E-state index contributed by atoms with van der Waals surface area (Å²) >= 11 is 0. The molecule has 36 heavy (non-hydrogen) atoms. The van der Waals surface area contributed by atoms with Crippen molar-refractivity contribution in [1.29, 1.82) is 0 Å². The molecule has 202 valence electrons. The fraction of sp³-hybridized carbons (Fsp3) is 0.806. The first-order chi connectivity index (χ1) is 16.6. The normalized spacial score (nSPS) is 29.0. The highest BCUT2D eigenvalue weighted by Gasteiger charge is 2.53. The molecule has 1 aromatic carbocycles. The zero-order valence-electron chi connectivity index (χ0n) is 25.7. The van der Waals surface area contributed by atoms with Crippen molar-refractivity contribution in [3.05, 3.63) is 28.8 Å². The summed E-state index contributed by atoms with van der Waals surface area (Å²) in [5.41, 5.74) is 6.06. The van der Waals surface area contributed by atoms with E-state index in [9.17, 15) is 0 Å². The van der Waals surface area contributed by atoms with Gasteiger partial charge in [0.1, 0.15) is 0 Å². The molecule has 4 aliphatic rings. The van der Waals surface area contributed by atoms with Gasteiger partial charge in [-0.1, -0.05) is 60.2 Å². The first-order valence-electron chi connectivity index (χ1n) is 15.2. The average molecular weight is 557 g/mol. The molecule has 0 aromatic heterocycles. The van der Waals surface area contributed by atoms with Gasteiger partial charge in [0.25, 0.3) is 0 Å². The summed E-state index contributed by atoms with van der Waals surface area (Å²) in [4.78, 5) is 0. The highest BCUT2D eigenvalue weighted by atomic mass is 29.4. The van der Waals surface area contributed by atoms with Crippen molar-refractivity contribution >= 4 is 36.6 Å². The molecule has 0 unspecified atom stereocenters. The van der Waals surface area contributed by atoms with Crippen LogP contribution >= 0.6 is 0 Å². The predicted molar refractivity (Wildman–Crippen MR) is 168 cm³/mol. The second kappa shape index (κ2) is 10.6. The summed E-state index contributed by atoms with van der Waals surface area (Å²) in [5, 5.41) is 1.81. The van der Waals surface area contributed by atoms with E-state index in [1.54, 1.807) is 48.8 Å². The van der Waals surface area contributed by atoms with Gasteiger partial charge in [-0.05, 0) is 134 Å². The SMILES string of the molecule is CC(C)c1ccc(/[Si](C)=[Si](/C2C3CC4CC(C3)CC2C4)[Si](C)(C)O[Si](C)(C)C)c(C(C)C)c1C(C)C. The van der Waals surface area contributed by atoms with Crippen molar-refractivity contribution in [2.24, 2.45) is 23.7 Å². The van der Waals surface area contributed by atoms with Crippen LogP contribution in [0.2, 0.25) is 44.8 Å². The lowest BCUT2D eigenvalue weighted by Crippen LogP contribution is -2.60. The van der Waals surface area contributed by atoms with Crippen molar-refractivity contribution in [3.63, 3.8) is 0 Å². The Morgan fingerprint density at radius 3 is 1.64 bits per heavy atom. The standard InChI is InChI=1S/C31H56OSi4/c1-20(2)27-13-14-28(30(22(5)6)29(27)21(3)4)33(7)34(36(11,12)32-35(8,9)10)31-25-16-23-15-24(18-25)19-26(31)17-23/h13-14,20-26,31H,15-19H2,1-12H3/b34-33-. The number of hydrogen-bond donors (Lipinski definition) is 0. The maximum absolute atomic E-state index is 7.37. The Hall–Kier alpha value is 0.0475. The van der Waals surface area contributed by atoms with Crippen molar-refractivity contribution in [3.8, 4) is 0 Å². The Morgan fingerprint density at radius 2 is 1.22 bits per heavy atom. The van der Waals surface area contributed by atoms with E-state index >= 15 is 0 Å². The fourth-order valence-corrected chi connectivity index (χ4v) is 46.4. The van der Waals surface area contributed by atoms with Gasteiger partial charge in [-0.15, -0.1) is 0 Å². The van der Waals surface area contributed by atoms with Crippen molar-refractivity contribution in [1.82, 2.24) is 0 Å². The molecule has 0 saturated heterocycles. The highest BCUT2D eigenvalue weighted by Crippen LogP contribution is 2.60. The monoisotopic (exact) mass is 556 g/mol. The lowest BCUT2D eigenvalue weighted by Gasteiger charge is -2.57. The van der Waals surface area contributed by atoms with Crippen LogP contribution < -0.4 is 5.19 Å². The average Bonchev–Trinajstić information content (AvgIpc) is 2.72. The van der Waals surface area contributed by atoms with Gasteiger partial charge >= 0.3 is 0 Å². The van der Waals surface area contributed by atoms with Crippen LogP contribution in [0.25, 0.3) is 0 Å². The Labute approximate surface area is 228 Å². The topological polar surface area (TPSA) is 9.23 Å². The van der Waals surface area contributed by atoms with Gasteiger partial charge < -0.3 is 4.12 Å². The molecule has 0 spiro atoms. The molecule has 1 aromatic rings. The molecule has 4 aliphatic carbocycles. The molecule has 4 fully saturated rings. The Bertz CT molecular complexity index is 971. The minimum Gasteiger partial charge on any atom is -0.456 e. The van der Waals surface area contributed by atoms with Crippen molar-refractivity contribution in [2.45, 2.75) is 136 Å². The van der Waals surface area contributed by atoms with E-state index in [0.29, 0.717) is 17.8 Å². The van der Waals surface area contributed by atoms with Gasteiger partial charge in [0.2, 0.25) is 0 Å². The summed E-state index contributed by atoms with van der Waals surface area (Å²) in [6, 6.07) is 5.20. The van der Waals surface area contributed by atoms with Crippen LogP contribution in [0.1, 0.15) is 108 Å². The largest absolute Gasteiger partial charge is 0.456 e. The lowest BCUT2D eigenvalue weighted by atomic mass is 9.56. The third-order valence-electron chi connectivity index (χ3n) is 9.68. The molecule has 0 N–H and O–H groups in total. The Kier molecular flexibility index (Phi) is 8.51. The Morgan fingerprint density at radius 1 is 0.722 bits per heavy atom. The molecular formula is C31H56OSi4. The molecule has 0 radical (unpaired) electrons. The van der Waals surface area contributed by atoms with E-state index in [0.717, 1.165) is 29.2 Å². The summed E-state index contributed by atoms with van der Waals surface area (Å²) in [6.45, 7) is 30.1. The number of benzene rings is 1. The van der Waals surface area contributed by atoms with E-state index in [4.69, 9.17) is 4.12 Å². The molecule has 0 amide bonds. The van der Waals surface area contributed by atoms with Gasteiger partial charge in [-0.2, -0.15) is 0 Å². The smallest absolute Gasteiger partial charge is 0.174 e. The molecule has 5 rings (SSSR count). The predicted octanol–water partition coefficient (Wildman–Crippen LogP) is 8.92. The van der Waals surface area contributed by atoms with Crippen LogP contribution in [0.5, 0.6) is 0 Å². The van der Waals surface area contributed by atoms with Gasteiger partial charge in [-0.25, -0.2) is 0 Å². The van der Waals surface area contributed by atoms with Gasteiger partial charge in [-0.3, -0.25) is 0 Å². The molecule has 5 heteroatoms. The minimum absolute atomic E-state index is 0.592. The first kappa shape index (κ1) is 29.0. The first-order valence-corrected chi connectivity index (χ1v) is 27.1. The molecule has 1 nitrogen and oxygen atoms in total.